The van der Waals surface area contributed by atoms with Crippen LogP contribution in [0.1, 0.15) is 258 Å². The third kappa shape index (κ3) is 54.0. The third-order valence-corrected chi connectivity index (χ3v) is 14.0. The maximum Gasteiger partial charge on any atom is 0.306 e. The molecule has 0 aromatic heterocycles. The van der Waals surface area contributed by atoms with Crippen molar-refractivity contribution in [3.63, 3.8) is 0 Å². The molecule has 0 radical (unpaired) electrons. The number of amides is 1. The lowest BCUT2D eigenvalue weighted by atomic mass is 10.0. The first-order valence-electron chi connectivity index (χ1n) is 30.4. The molecule has 10 heteroatoms. The van der Waals surface area contributed by atoms with Crippen LogP contribution >= 0.6 is 7.82 Å². The van der Waals surface area contributed by atoms with E-state index < -0.39 is 26.6 Å². The molecule has 0 bridgehead atoms. The van der Waals surface area contributed by atoms with E-state index in [4.69, 9.17) is 13.8 Å². The van der Waals surface area contributed by atoms with E-state index in [2.05, 4.69) is 99.0 Å². The number of nitrogens with zero attached hydrogens (tertiary/aromatic N) is 1. The molecule has 0 rings (SSSR count). The van der Waals surface area contributed by atoms with E-state index in [1.165, 1.54) is 135 Å². The van der Waals surface area contributed by atoms with E-state index in [0.717, 1.165) is 83.5 Å². The molecule has 0 aromatic carbocycles. The second-order valence-corrected chi connectivity index (χ2v) is 22.9. The molecule has 0 spiro atoms. The maximum absolute atomic E-state index is 13.5. The Kier molecular flexibility index (Phi) is 51.5. The number of carbonyl (C=O) groups excluding carboxylic acids is 2. The van der Waals surface area contributed by atoms with Gasteiger partial charge >= 0.3 is 5.97 Å². The maximum atomic E-state index is 13.5. The molecule has 0 aliphatic carbocycles. The van der Waals surface area contributed by atoms with E-state index in [-0.39, 0.29) is 31.3 Å². The van der Waals surface area contributed by atoms with Crippen LogP contribution in [-0.4, -0.2) is 69.4 Å². The monoisotopic (exact) mass is 1050 g/mol. The summed E-state index contributed by atoms with van der Waals surface area (Å²) < 4.78 is 30.2. The zero-order valence-electron chi connectivity index (χ0n) is 48.8. The van der Waals surface area contributed by atoms with Gasteiger partial charge < -0.3 is 28.5 Å². The van der Waals surface area contributed by atoms with Crippen molar-refractivity contribution in [3.8, 4) is 0 Å². The van der Waals surface area contributed by atoms with Crippen molar-refractivity contribution in [2.24, 2.45) is 0 Å². The predicted octanol–water partition coefficient (Wildman–Crippen LogP) is 18.0. The zero-order valence-corrected chi connectivity index (χ0v) is 49.7. The van der Waals surface area contributed by atoms with Gasteiger partial charge in [-0.1, -0.05) is 235 Å². The van der Waals surface area contributed by atoms with Crippen molar-refractivity contribution in [2.75, 3.05) is 40.9 Å². The van der Waals surface area contributed by atoms with E-state index in [9.17, 15) is 19.0 Å². The number of quaternary nitrogens is 1. The number of nitrogens with one attached hydrogen (secondary N) is 1. The largest absolute Gasteiger partial charge is 0.756 e. The minimum atomic E-state index is -4.72. The van der Waals surface area contributed by atoms with Gasteiger partial charge in [0.15, 0.2) is 0 Å². The van der Waals surface area contributed by atoms with Gasteiger partial charge in [0.25, 0.3) is 7.82 Å². The molecule has 0 aromatic rings. The molecular weight excluding hydrogens is 940 g/mol. The fourth-order valence-electron chi connectivity index (χ4n) is 8.38. The normalized spacial score (nSPS) is 14.3. The first-order valence-corrected chi connectivity index (χ1v) is 31.9. The van der Waals surface area contributed by atoms with Crippen LogP contribution in [0.4, 0.5) is 0 Å². The lowest BCUT2D eigenvalue weighted by Gasteiger charge is -2.30. The molecule has 3 unspecified atom stereocenters. The minimum absolute atomic E-state index is 0.0362. The molecule has 0 fully saturated rings. The zero-order chi connectivity index (χ0) is 54.3. The minimum Gasteiger partial charge on any atom is -0.756 e. The van der Waals surface area contributed by atoms with Crippen molar-refractivity contribution in [3.05, 3.63) is 85.1 Å². The van der Waals surface area contributed by atoms with Crippen LogP contribution in [0.2, 0.25) is 0 Å². The summed E-state index contributed by atoms with van der Waals surface area (Å²) in [6.45, 7) is 6.68. The fourth-order valence-corrected chi connectivity index (χ4v) is 9.10. The Morgan fingerprint density at radius 3 is 1.34 bits per heavy atom. The van der Waals surface area contributed by atoms with Gasteiger partial charge in [-0.15, -0.1) is 0 Å². The van der Waals surface area contributed by atoms with E-state index in [1.807, 2.05) is 33.3 Å². The number of rotatable bonds is 54. The fraction of sp³-hybridized carbons (Fsp3) is 0.750. The summed E-state index contributed by atoms with van der Waals surface area (Å²) in [6.07, 6.45) is 69.9. The highest BCUT2D eigenvalue weighted by atomic mass is 31.2. The molecule has 428 valence electrons. The number of phosphoric ester groups is 1. The van der Waals surface area contributed by atoms with Gasteiger partial charge in [0.1, 0.15) is 19.3 Å². The molecule has 0 aliphatic rings. The molecule has 0 saturated carbocycles. The van der Waals surface area contributed by atoms with Crippen LogP contribution in [0, 0.1) is 0 Å². The average molecular weight is 1060 g/mol. The SMILES string of the molecule is CC/C=C\C/C=C\C/C=C\C/C=C\C/C=C\CCCC(=O)NC(COP(=O)([O-])OCC[N+](C)(C)C)C(/C=C/CCCCCCCCCCCC)OC(=O)CCCCCCCCCCC/C=C/CCCCCCCC. The van der Waals surface area contributed by atoms with Crippen LogP contribution in [0.15, 0.2) is 85.1 Å². The molecule has 9 nitrogen and oxygen atoms in total. The lowest BCUT2D eigenvalue weighted by molar-refractivity contribution is -0.870. The standard InChI is InChI=1S/C64H115N2O7P/c1-7-10-13-16-19-22-25-28-30-32-33-35-37-39-42-45-48-51-54-57-64(68)73-62(55-52-49-46-43-40-27-24-21-18-15-12-9-3)61(60-72-74(69,70)71-59-58-66(4,5)6)65-63(67)56-53-50-47-44-41-38-36-34-31-29-26-23-20-17-14-11-8-2/h11,14,20,23,28-31,36,38,44,47,52,55,61-62H,7-10,12-13,15-19,21-22,24-27,32-35,37,39-43,45-46,48-51,53-54,56-60H2,1-6H3,(H-,65,67,69,70)/b14-11-,23-20-,30-28+,31-29-,38-36-,47-44-,55-52+. The first-order chi connectivity index (χ1) is 35.9. The Hall–Kier alpha value is -2.81. The van der Waals surface area contributed by atoms with Crippen LogP contribution in [0.5, 0.6) is 0 Å². The number of phosphoric acid groups is 1. The number of allylic oxidation sites excluding steroid dienone is 13. The molecular formula is C64H115N2O7P. The Labute approximate surface area is 456 Å². The Morgan fingerprint density at radius 1 is 0.486 bits per heavy atom. The lowest BCUT2D eigenvalue weighted by Crippen LogP contribution is -2.47. The summed E-state index contributed by atoms with van der Waals surface area (Å²) in [5.74, 6) is -0.612. The Morgan fingerprint density at radius 2 is 0.878 bits per heavy atom. The molecule has 0 heterocycles. The van der Waals surface area contributed by atoms with Crippen LogP contribution < -0.4 is 10.2 Å². The van der Waals surface area contributed by atoms with Gasteiger partial charge in [0.05, 0.1) is 33.8 Å². The first kappa shape index (κ1) is 71.2. The number of likely N-dealkylation sites (N-methyl/N-ethyl adjacent to an activating group) is 1. The van der Waals surface area contributed by atoms with Gasteiger partial charge in [0, 0.05) is 12.8 Å². The van der Waals surface area contributed by atoms with Gasteiger partial charge in [-0.25, -0.2) is 0 Å². The number of hydrogen-bond acceptors (Lipinski definition) is 7. The second-order valence-electron chi connectivity index (χ2n) is 21.5. The van der Waals surface area contributed by atoms with Crippen molar-refractivity contribution in [1.82, 2.24) is 5.32 Å². The van der Waals surface area contributed by atoms with Gasteiger partial charge in [-0.3, -0.25) is 14.2 Å². The summed E-state index contributed by atoms with van der Waals surface area (Å²) in [5, 5.41) is 2.99. The summed E-state index contributed by atoms with van der Waals surface area (Å²) in [5.41, 5.74) is 0. The van der Waals surface area contributed by atoms with Gasteiger partial charge in [-0.05, 0) is 96.0 Å². The Bertz CT molecular complexity index is 1540. The summed E-state index contributed by atoms with van der Waals surface area (Å²) in [4.78, 5) is 39.9. The molecule has 0 aliphatic heterocycles. The topological polar surface area (TPSA) is 114 Å². The number of esters is 1. The van der Waals surface area contributed by atoms with E-state index in [1.54, 1.807) is 0 Å². The highest BCUT2D eigenvalue weighted by Gasteiger charge is 2.27. The number of ether oxygens (including phenoxy) is 1. The number of hydrogen-bond donors (Lipinski definition) is 1. The summed E-state index contributed by atoms with van der Waals surface area (Å²) in [7, 11) is 1.14. The average Bonchev–Trinajstić information content (AvgIpc) is 3.36. The molecule has 1 N–H and O–H groups in total. The quantitative estimate of drug-likeness (QED) is 0.0212. The van der Waals surface area contributed by atoms with Crippen LogP contribution in [0.25, 0.3) is 0 Å². The smallest absolute Gasteiger partial charge is 0.306 e. The Balaban J connectivity index is 5.36. The van der Waals surface area contributed by atoms with Crippen molar-refractivity contribution in [2.45, 2.75) is 270 Å². The van der Waals surface area contributed by atoms with Gasteiger partial charge in [0.2, 0.25) is 5.91 Å². The van der Waals surface area contributed by atoms with Crippen molar-refractivity contribution in [1.29, 1.82) is 0 Å². The summed E-state index contributed by atoms with van der Waals surface area (Å²) >= 11 is 0. The highest BCUT2D eigenvalue weighted by molar-refractivity contribution is 7.45. The number of carbonyl (C=O) groups is 2. The third-order valence-electron chi connectivity index (χ3n) is 13.1. The van der Waals surface area contributed by atoms with Crippen molar-refractivity contribution >= 4 is 19.7 Å². The molecule has 3 atom stereocenters. The summed E-state index contributed by atoms with van der Waals surface area (Å²) in [6, 6.07) is -0.922. The predicted molar refractivity (Wildman–Crippen MR) is 316 cm³/mol. The molecule has 1 amide bonds. The van der Waals surface area contributed by atoms with Gasteiger partial charge in [-0.2, -0.15) is 0 Å². The highest BCUT2D eigenvalue weighted by Crippen LogP contribution is 2.38. The van der Waals surface area contributed by atoms with Crippen LogP contribution in [0.3, 0.4) is 0 Å². The van der Waals surface area contributed by atoms with Crippen molar-refractivity contribution < 1.29 is 37.3 Å². The van der Waals surface area contributed by atoms with E-state index in [0.29, 0.717) is 17.4 Å². The number of unbranched alkanes of at least 4 members (excludes halogenated alkanes) is 26. The molecule has 0 saturated heterocycles. The van der Waals surface area contributed by atoms with E-state index >= 15 is 0 Å². The molecule has 74 heavy (non-hydrogen) atoms. The second kappa shape index (κ2) is 53.6. The van der Waals surface area contributed by atoms with Crippen LogP contribution in [-0.2, 0) is 27.9 Å².